The van der Waals surface area contributed by atoms with Crippen LogP contribution in [0.15, 0.2) is 30.5 Å². The van der Waals surface area contributed by atoms with Crippen LogP contribution in [0.25, 0.3) is 0 Å². The van der Waals surface area contributed by atoms with Gasteiger partial charge in [-0.05, 0) is 55.5 Å². The van der Waals surface area contributed by atoms with E-state index in [-0.39, 0.29) is 11.7 Å². The highest BCUT2D eigenvalue weighted by Gasteiger charge is 2.21. The summed E-state index contributed by atoms with van der Waals surface area (Å²) in [5.74, 6) is 0.665. The normalized spacial score (nSPS) is 16.9. The smallest absolute Gasteiger partial charge is 0.290 e. The van der Waals surface area contributed by atoms with Gasteiger partial charge in [0.25, 0.3) is 5.69 Å². The van der Waals surface area contributed by atoms with Crippen molar-refractivity contribution in [1.82, 2.24) is 4.98 Å². The summed E-state index contributed by atoms with van der Waals surface area (Å²) in [5.41, 5.74) is 9.78. The number of pyridine rings is 1. The van der Waals surface area contributed by atoms with Gasteiger partial charge in [-0.25, -0.2) is 4.98 Å². The van der Waals surface area contributed by atoms with Crippen LogP contribution in [-0.4, -0.2) is 9.91 Å². The lowest BCUT2D eigenvalue weighted by Gasteiger charge is -2.27. The van der Waals surface area contributed by atoms with Gasteiger partial charge in [0.1, 0.15) is 12.0 Å². The second kappa shape index (κ2) is 5.63. The summed E-state index contributed by atoms with van der Waals surface area (Å²) < 4.78 is 0. The zero-order valence-electron chi connectivity index (χ0n) is 12.4. The fourth-order valence-electron chi connectivity index (χ4n) is 2.98. The summed E-state index contributed by atoms with van der Waals surface area (Å²) >= 11 is 0. The summed E-state index contributed by atoms with van der Waals surface area (Å²) in [5, 5.41) is 14.2. The Labute approximate surface area is 128 Å². The van der Waals surface area contributed by atoms with Gasteiger partial charge in [-0.1, -0.05) is 6.07 Å². The van der Waals surface area contributed by atoms with Crippen molar-refractivity contribution in [3.05, 3.63) is 57.3 Å². The summed E-state index contributed by atoms with van der Waals surface area (Å²) in [6.45, 7) is 1.72. The van der Waals surface area contributed by atoms with Crippen molar-refractivity contribution in [1.29, 1.82) is 0 Å². The van der Waals surface area contributed by atoms with E-state index in [1.165, 1.54) is 17.3 Å². The number of aryl methyl sites for hydroxylation is 2. The van der Waals surface area contributed by atoms with Crippen LogP contribution in [-0.2, 0) is 6.42 Å². The highest BCUT2D eigenvalue weighted by Crippen LogP contribution is 2.33. The Balaban J connectivity index is 1.86. The Kier molecular flexibility index (Phi) is 3.66. The van der Waals surface area contributed by atoms with E-state index in [9.17, 15) is 10.1 Å². The lowest BCUT2D eigenvalue weighted by atomic mass is 9.87. The number of hydrogen-bond donors (Lipinski definition) is 2. The first-order valence-electron chi connectivity index (χ1n) is 7.30. The number of benzene rings is 1. The van der Waals surface area contributed by atoms with Gasteiger partial charge in [-0.15, -0.1) is 0 Å². The van der Waals surface area contributed by atoms with Crippen LogP contribution in [0.4, 0.5) is 17.2 Å². The molecule has 3 N–H and O–H groups in total. The number of hydrogen-bond acceptors (Lipinski definition) is 5. The molecule has 6 nitrogen and oxygen atoms in total. The minimum absolute atomic E-state index is 0.0439. The highest BCUT2D eigenvalue weighted by atomic mass is 16.6. The number of nitrogens with two attached hydrogens (primary N) is 1. The van der Waals surface area contributed by atoms with Crippen LogP contribution in [0.2, 0.25) is 0 Å². The van der Waals surface area contributed by atoms with Crippen molar-refractivity contribution in [3.8, 4) is 0 Å². The summed E-state index contributed by atoms with van der Waals surface area (Å²) in [6.07, 6.45) is 4.43. The van der Waals surface area contributed by atoms with Gasteiger partial charge in [0.05, 0.1) is 11.0 Å². The fourth-order valence-corrected chi connectivity index (χ4v) is 2.98. The minimum Gasteiger partial charge on any atom is -0.399 e. The van der Waals surface area contributed by atoms with Crippen molar-refractivity contribution < 1.29 is 4.92 Å². The van der Waals surface area contributed by atoms with Gasteiger partial charge >= 0.3 is 0 Å². The van der Waals surface area contributed by atoms with Crippen molar-refractivity contribution in [2.24, 2.45) is 0 Å². The molecule has 1 aromatic carbocycles. The number of nitro groups is 1. The molecule has 1 unspecified atom stereocenters. The molecule has 0 saturated heterocycles. The Morgan fingerprint density at radius 1 is 1.41 bits per heavy atom. The number of nitrogens with one attached hydrogen (secondary N) is 1. The van der Waals surface area contributed by atoms with Crippen molar-refractivity contribution >= 4 is 17.2 Å². The van der Waals surface area contributed by atoms with E-state index in [0.29, 0.717) is 11.4 Å². The molecule has 0 saturated carbocycles. The van der Waals surface area contributed by atoms with E-state index in [0.717, 1.165) is 24.9 Å². The van der Waals surface area contributed by atoms with Gasteiger partial charge in [0, 0.05) is 11.3 Å². The standard InChI is InChI=1S/C16H18N4O2/c1-10-7-16(18-9-15(10)20(21)22)19-14-4-2-3-11-8-12(17)5-6-13(11)14/h5-9,14H,2-4,17H2,1H3,(H,18,19). The van der Waals surface area contributed by atoms with Gasteiger partial charge < -0.3 is 11.1 Å². The molecule has 114 valence electrons. The molecule has 22 heavy (non-hydrogen) atoms. The zero-order valence-corrected chi connectivity index (χ0v) is 12.4. The lowest BCUT2D eigenvalue weighted by Crippen LogP contribution is -2.18. The maximum Gasteiger partial charge on any atom is 0.290 e. The highest BCUT2D eigenvalue weighted by molar-refractivity contribution is 5.51. The summed E-state index contributed by atoms with van der Waals surface area (Å²) in [4.78, 5) is 14.6. The van der Waals surface area contributed by atoms with Gasteiger partial charge in [-0.2, -0.15) is 0 Å². The van der Waals surface area contributed by atoms with Crippen LogP contribution in [0, 0.1) is 17.0 Å². The Bertz CT molecular complexity index is 730. The number of rotatable bonds is 3. The SMILES string of the molecule is Cc1cc(NC2CCCc3cc(N)ccc32)ncc1[N+](=O)[O-]. The number of anilines is 2. The second-order valence-electron chi connectivity index (χ2n) is 5.66. The molecule has 0 bridgehead atoms. The van der Waals surface area contributed by atoms with Gasteiger partial charge in [0.15, 0.2) is 0 Å². The maximum absolute atomic E-state index is 10.9. The van der Waals surface area contributed by atoms with Crippen LogP contribution in [0.1, 0.15) is 35.6 Å². The molecule has 1 aliphatic rings. The minimum atomic E-state index is -0.412. The number of aromatic nitrogens is 1. The molecular formula is C16H18N4O2. The first kappa shape index (κ1) is 14.3. The van der Waals surface area contributed by atoms with Crippen LogP contribution < -0.4 is 11.1 Å². The molecule has 1 heterocycles. The van der Waals surface area contributed by atoms with Crippen molar-refractivity contribution in [2.45, 2.75) is 32.2 Å². The number of nitrogens with zero attached hydrogens (tertiary/aromatic N) is 2. The summed E-state index contributed by atoms with van der Waals surface area (Å²) in [7, 11) is 0. The maximum atomic E-state index is 10.9. The lowest BCUT2D eigenvalue weighted by molar-refractivity contribution is -0.385. The molecule has 6 heteroatoms. The van der Waals surface area contributed by atoms with Gasteiger partial charge in [-0.3, -0.25) is 10.1 Å². The van der Waals surface area contributed by atoms with Crippen LogP contribution in [0.3, 0.4) is 0 Å². The second-order valence-corrected chi connectivity index (χ2v) is 5.66. The monoisotopic (exact) mass is 298 g/mol. The first-order valence-corrected chi connectivity index (χ1v) is 7.30. The fraction of sp³-hybridized carbons (Fsp3) is 0.312. The van der Waals surface area contributed by atoms with Crippen molar-refractivity contribution in [2.75, 3.05) is 11.1 Å². The average Bonchev–Trinajstić information content (AvgIpc) is 2.47. The molecular weight excluding hydrogens is 280 g/mol. The van der Waals surface area contributed by atoms with Crippen molar-refractivity contribution in [3.63, 3.8) is 0 Å². The Hall–Kier alpha value is -2.63. The summed E-state index contributed by atoms with van der Waals surface area (Å²) in [6, 6.07) is 7.88. The predicted molar refractivity (Wildman–Crippen MR) is 85.8 cm³/mol. The van der Waals surface area contributed by atoms with E-state index in [2.05, 4.69) is 16.4 Å². The number of fused-ring (bicyclic) bond motifs is 1. The van der Waals surface area contributed by atoms with E-state index in [1.54, 1.807) is 13.0 Å². The van der Waals surface area contributed by atoms with E-state index in [1.807, 2.05) is 12.1 Å². The largest absolute Gasteiger partial charge is 0.399 e. The molecule has 0 amide bonds. The third-order valence-electron chi connectivity index (χ3n) is 4.08. The van der Waals surface area contributed by atoms with E-state index < -0.39 is 4.92 Å². The molecule has 0 fully saturated rings. The third kappa shape index (κ3) is 2.72. The molecule has 0 radical (unpaired) electrons. The molecule has 1 aliphatic carbocycles. The number of nitrogen functional groups attached to an aromatic ring is 1. The zero-order chi connectivity index (χ0) is 15.7. The van der Waals surface area contributed by atoms with E-state index in [4.69, 9.17) is 5.73 Å². The quantitative estimate of drug-likeness (QED) is 0.514. The molecule has 3 rings (SSSR count). The Morgan fingerprint density at radius 2 is 2.23 bits per heavy atom. The van der Waals surface area contributed by atoms with Crippen LogP contribution >= 0.6 is 0 Å². The molecule has 0 spiro atoms. The third-order valence-corrected chi connectivity index (χ3v) is 4.08. The predicted octanol–water partition coefficient (Wildman–Crippen LogP) is 3.37. The molecule has 1 atom stereocenters. The molecule has 1 aromatic heterocycles. The molecule has 0 aliphatic heterocycles. The van der Waals surface area contributed by atoms with Gasteiger partial charge in [0.2, 0.25) is 0 Å². The average molecular weight is 298 g/mol. The van der Waals surface area contributed by atoms with E-state index >= 15 is 0 Å². The molecule has 2 aromatic rings. The Morgan fingerprint density at radius 3 is 2.95 bits per heavy atom. The first-order chi connectivity index (χ1) is 10.5. The topological polar surface area (TPSA) is 94.1 Å². The van der Waals surface area contributed by atoms with Crippen LogP contribution in [0.5, 0.6) is 0 Å².